The zero-order valence-corrected chi connectivity index (χ0v) is 28.0. The number of ether oxygens (including phenoxy) is 6. The van der Waals surface area contributed by atoms with Gasteiger partial charge in [0.15, 0.2) is 11.7 Å². The molecule has 1 spiro atoms. The van der Waals surface area contributed by atoms with E-state index < -0.39 is 94.9 Å². The smallest absolute Gasteiger partial charge is 0.341 e. The molecule has 0 amide bonds. The van der Waals surface area contributed by atoms with Crippen molar-refractivity contribution in [1.82, 2.24) is 0 Å². The first kappa shape index (κ1) is 35.1. The molecule has 3 heterocycles. The summed E-state index contributed by atoms with van der Waals surface area (Å²) in [6, 6.07) is 2.75. The minimum atomic E-state index is -2.07. The lowest BCUT2D eigenvalue weighted by atomic mass is 9.46. The number of carbonyl (C=O) groups is 5. The molecule has 1 saturated heterocycles. The lowest BCUT2D eigenvalue weighted by molar-refractivity contribution is -0.354. The topological polar surface area (TPSA) is 187 Å². The van der Waals surface area contributed by atoms with Crippen molar-refractivity contribution >= 4 is 29.8 Å². The predicted octanol–water partition coefficient (Wildman–Crippen LogP) is 3.78. The molecule has 9 atom stereocenters. The van der Waals surface area contributed by atoms with Crippen LogP contribution in [0.15, 0.2) is 46.0 Å². The molecule has 0 unspecified atom stereocenters. The second kappa shape index (κ2) is 12.7. The second-order valence-electron chi connectivity index (χ2n) is 13.6. The van der Waals surface area contributed by atoms with Crippen LogP contribution in [0.1, 0.15) is 88.4 Å². The Balaban J connectivity index is 1.81. The largest absolute Gasteiger partial charge is 0.472 e. The molecule has 0 aromatic carbocycles. The van der Waals surface area contributed by atoms with Gasteiger partial charge in [0.05, 0.1) is 40.8 Å². The summed E-state index contributed by atoms with van der Waals surface area (Å²) in [5.74, 6) is -5.14. The highest BCUT2D eigenvalue weighted by molar-refractivity contribution is 5.90. The minimum Gasteiger partial charge on any atom is -0.472 e. The van der Waals surface area contributed by atoms with Gasteiger partial charge in [0.25, 0.3) is 0 Å². The number of hydrogen-bond acceptors (Lipinski definition) is 14. The van der Waals surface area contributed by atoms with E-state index in [1.54, 1.807) is 27.7 Å². The third-order valence-electron chi connectivity index (χ3n) is 10.1. The molecule has 2 saturated carbocycles. The molecule has 0 radical (unpaired) electrons. The Bertz CT molecular complexity index is 1520. The highest BCUT2D eigenvalue weighted by Crippen LogP contribution is 2.69. The quantitative estimate of drug-likeness (QED) is 0.283. The van der Waals surface area contributed by atoms with E-state index in [0.29, 0.717) is 6.42 Å². The molecule has 2 aromatic rings. The zero-order valence-electron chi connectivity index (χ0n) is 28.0. The fourth-order valence-corrected chi connectivity index (χ4v) is 7.80. The van der Waals surface area contributed by atoms with Crippen molar-refractivity contribution in [2.75, 3.05) is 6.61 Å². The highest BCUT2D eigenvalue weighted by Gasteiger charge is 2.86. The first-order valence-electron chi connectivity index (χ1n) is 15.9. The molecule has 2 aromatic heterocycles. The maximum absolute atomic E-state index is 13.8. The third kappa shape index (κ3) is 5.68. The van der Waals surface area contributed by atoms with Crippen molar-refractivity contribution < 1.29 is 66.3 Å². The minimum absolute atomic E-state index is 0.000793. The molecule has 3 aliphatic rings. The Labute approximate surface area is 277 Å². The number of carbonyl (C=O) groups excluding carboxylic acids is 5. The molecule has 3 fully saturated rings. The van der Waals surface area contributed by atoms with E-state index in [4.69, 9.17) is 37.3 Å². The van der Waals surface area contributed by atoms with Gasteiger partial charge in [-0.1, -0.05) is 13.8 Å². The Morgan fingerprint density at radius 2 is 1.50 bits per heavy atom. The third-order valence-corrected chi connectivity index (χ3v) is 10.1. The average Bonchev–Trinajstić information content (AvgIpc) is 3.76. The maximum atomic E-state index is 13.8. The Hall–Kier alpha value is -4.17. The molecular weight excluding hydrogens is 632 g/mol. The molecular formula is C34H42O14. The average molecular weight is 675 g/mol. The first-order chi connectivity index (χ1) is 22.5. The normalized spacial score (nSPS) is 33.9. The van der Waals surface area contributed by atoms with E-state index in [0.717, 1.165) is 13.2 Å². The molecule has 2 aliphatic carbocycles. The van der Waals surface area contributed by atoms with E-state index in [-0.39, 0.29) is 24.0 Å². The van der Waals surface area contributed by atoms with Crippen LogP contribution in [0.5, 0.6) is 0 Å². The van der Waals surface area contributed by atoms with Crippen molar-refractivity contribution in [1.29, 1.82) is 0 Å². The molecule has 48 heavy (non-hydrogen) atoms. The zero-order chi connectivity index (χ0) is 35.2. The van der Waals surface area contributed by atoms with Crippen LogP contribution in [0.2, 0.25) is 0 Å². The number of rotatable bonds is 10. The van der Waals surface area contributed by atoms with Gasteiger partial charge in [0, 0.05) is 26.2 Å². The van der Waals surface area contributed by atoms with E-state index >= 15 is 0 Å². The number of furan rings is 2. The van der Waals surface area contributed by atoms with E-state index in [2.05, 4.69) is 0 Å². The fourth-order valence-electron chi connectivity index (χ4n) is 7.80. The molecule has 1 N–H and O–H groups in total. The monoisotopic (exact) mass is 674 g/mol. The van der Waals surface area contributed by atoms with Crippen molar-refractivity contribution in [2.24, 2.45) is 17.3 Å². The number of aliphatic hydroxyl groups is 1. The molecule has 2 bridgehead atoms. The summed E-state index contributed by atoms with van der Waals surface area (Å²) in [5.41, 5.74) is -7.28. The van der Waals surface area contributed by atoms with Gasteiger partial charge in [0.1, 0.15) is 42.9 Å². The van der Waals surface area contributed by atoms with Crippen LogP contribution in [0.4, 0.5) is 0 Å². The highest BCUT2D eigenvalue weighted by atomic mass is 16.6. The molecule has 14 nitrogen and oxygen atoms in total. The standard InChI is InChI=1S/C34H42O14/c1-8-18(2)28(37)45-24-14-32(7,40)34-26(44-20(4)36)23(31(5,6)48-34)13-25(46-29(38)21-9-11-41-15-21)33(34,17-43-19(3)35)27(24)47-30(39)22-10-12-42-16-22/h9-12,15-16,18,23-27,40H,8,13-14,17H2,1-7H3/t18-,23-,24+,25+,26-,27+,32+,33-,34+/m1/s1. The second-order valence-corrected chi connectivity index (χ2v) is 13.6. The van der Waals surface area contributed by atoms with Crippen LogP contribution in [-0.4, -0.2) is 82.8 Å². The van der Waals surface area contributed by atoms with Gasteiger partial charge in [-0.05, 0) is 45.7 Å². The summed E-state index contributed by atoms with van der Waals surface area (Å²) in [4.78, 5) is 66.2. The summed E-state index contributed by atoms with van der Waals surface area (Å²) in [7, 11) is 0. The fraction of sp³-hybridized carbons (Fsp3) is 0.618. The summed E-state index contributed by atoms with van der Waals surface area (Å²) in [6.07, 6.45) is -0.730. The Kier molecular flexibility index (Phi) is 9.30. The number of esters is 5. The van der Waals surface area contributed by atoms with Crippen LogP contribution in [0.25, 0.3) is 0 Å². The number of hydrogen-bond donors (Lipinski definition) is 1. The van der Waals surface area contributed by atoms with Crippen molar-refractivity contribution in [3.05, 3.63) is 48.3 Å². The SMILES string of the molecule is CC[C@@H](C)C(=O)O[C@H]1C[C@](C)(O)[C@]23OC(C)(C)[C@H](C[C@H](OC(=O)c4ccoc4)[C@]2(COC(C)=O)[C@H]1OC(=O)c1ccoc1)[C@H]3OC(C)=O. The Morgan fingerprint density at radius 3 is 2.02 bits per heavy atom. The lowest BCUT2D eigenvalue weighted by Crippen LogP contribution is -2.83. The summed E-state index contributed by atoms with van der Waals surface area (Å²) < 4.78 is 47.2. The Morgan fingerprint density at radius 1 is 0.896 bits per heavy atom. The van der Waals surface area contributed by atoms with Gasteiger partial charge in [-0.3, -0.25) is 14.4 Å². The van der Waals surface area contributed by atoms with Crippen LogP contribution < -0.4 is 0 Å². The van der Waals surface area contributed by atoms with Gasteiger partial charge < -0.3 is 42.4 Å². The van der Waals surface area contributed by atoms with Crippen LogP contribution in [-0.2, 0) is 42.8 Å². The molecule has 1 aliphatic heterocycles. The van der Waals surface area contributed by atoms with E-state index in [1.165, 1.54) is 44.8 Å². The maximum Gasteiger partial charge on any atom is 0.341 e. The number of fused-ring (bicyclic) bond motifs is 1. The summed E-state index contributed by atoms with van der Waals surface area (Å²) in [5, 5.41) is 12.7. The van der Waals surface area contributed by atoms with Crippen LogP contribution in [0.3, 0.4) is 0 Å². The van der Waals surface area contributed by atoms with Gasteiger partial charge in [-0.25, -0.2) is 9.59 Å². The van der Waals surface area contributed by atoms with E-state index in [9.17, 15) is 29.1 Å². The predicted molar refractivity (Wildman–Crippen MR) is 161 cm³/mol. The lowest BCUT2D eigenvalue weighted by Gasteiger charge is -2.65. The van der Waals surface area contributed by atoms with Gasteiger partial charge in [0.2, 0.25) is 0 Å². The van der Waals surface area contributed by atoms with Crippen LogP contribution >= 0.6 is 0 Å². The van der Waals surface area contributed by atoms with Crippen molar-refractivity contribution in [3.63, 3.8) is 0 Å². The van der Waals surface area contributed by atoms with Crippen LogP contribution in [0, 0.1) is 17.3 Å². The first-order valence-corrected chi connectivity index (χ1v) is 15.9. The molecule has 262 valence electrons. The van der Waals surface area contributed by atoms with Crippen molar-refractivity contribution in [3.8, 4) is 0 Å². The van der Waals surface area contributed by atoms with Gasteiger partial charge >= 0.3 is 29.8 Å². The summed E-state index contributed by atoms with van der Waals surface area (Å²) in [6.45, 7) is 10.0. The molecule has 5 rings (SSSR count). The van der Waals surface area contributed by atoms with Crippen molar-refractivity contribution in [2.45, 2.75) is 109 Å². The van der Waals surface area contributed by atoms with Gasteiger partial charge in [-0.15, -0.1) is 0 Å². The van der Waals surface area contributed by atoms with Gasteiger partial charge in [-0.2, -0.15) is 0 Å². The molecule has 14 heteroatoms. The van der Waals surface area contributed by atoms with E-state index in [1.807, 2.05) is 0 Å². The summed E-state index contributed by atoms with van der Waals surface area (Å²) >= 11 is 0.